The van der Waals surface area contributed by atoms with Gasteiger partial charge in [-0.2, -0.15) is 11.3 Å². The molecule has 3 heterocycles. The molecule has 1 aromatic heterocycles. The second kappa shape index (κ2) is 6.42. The summed E-state index contributed by atoms with van der Waals surface area (Å²) in [6, 6.07) is 9.24. The van der Waals surface area contributed by atoms with Crippen LogP contribution in [0.5, 0.6) is 0 Å². The Bertz CT molecular complexity index is 735. The first-order chi connectivity index (χ1) is 12.0. The fourth-order valence-electron chi connectivity index (χ4n) is 4.14. The number of thiophene rings is 1. The van der Waals surface area contributed by atoms with Gasteiger partial charge in [-0.1, -0.05) is 32.9 Å². The van der Waals surface area contributed by atoms with Gasteiger partial charge in [0.15, 0.2) is 0 Å². The maximum atomic E-state index is 9.62. The largest absolute Gasteiger partial charge is 0.394 e. The zero-order valence-electron chi connectivity index (χ0n) is 15.2. The standard InChI is InChI=1S/C21H27NO2S/c1-21(2,3)14-4-7-18-17(10-14)20-16(6-5-15(11-23)24-20)19(22-18)13-8-9-25-12-13/h4,7-10,12,15-16,19-20,22-23H,5-6,11H2,1-3H3/t15-,16+,19+,20+/m0/s1. The summed E-state index contributed by atoms with van der Waals surface area (Å²) in [6.45, 7) is 6.84. The van der Waals surface area contributed by atoms with E-state index in [0.717, 1.165) is 12.8 Å². The summed E-state index contributed by atoms with van der Waals surface area (Å²) >= 11 is 1.74. The van der Waals surface area contributed by atoms with Gasteiger partial charge >= 0.3 is 0 Å². The first kappa shape index (κ1) is 17.1. The topological polar surface area (TPSA) is 41.5 Å². The van der Waals surface area contributed by atoms with Crippen molar-refractivity contribution in [3.63, 3.8) is 0 Å². The minimum absolute atomic E-state index is 0.0476. The molecule has 25 heavy (non-hydrogen) atoms. The second-order valence-electron chi connectivity index (χ2n) is 8.33. The molecule has 2 aromatic rings. The highest BCUT2D eigenvalue weighted by Gasteiger charge is 2.42. The highest BCUT2D eigenvalue weighted by molar-refractivity contribution is 7.08. The summed E-state index contributed by atoms with van der Waals surface area (Å²) in [5.74, 6) is 0.403. The fraction of sp³-hybridized carbons (Fsp3) is 0.524. The van der Waals surface area contributed by atoms with E-state index in [1.807, 2.05) is 0 Å². The van der Waals surface area contributed by atoms with Gasteiger partial charge in [0.1, 0.15) is 0 Å². The number of hydrogen-bond donors (Lipinski definition) is 2. The molecule has 134 valence electrons. The SMILES string of the molecule is CC(C)(C)c1ccc2c(c1)[C@@H]1O[C@H](CO)CC[C@@H]1[C@@H](c1ccsc1)N2. The highest BCUT2D eigenvalue weighted by Crippen LogP contribution is 2.51. The Morgan fingerprint density at radius 3 is 2.76 bits per heavy atom. The van der Waals surface area contributed by atoms with Gasteiger partial charge in [0, 0.05) is 17.2 Å². The van der Waals surface area contributed by atoms with Crippen LogP contribution in [-0.2, 0) is 10.2 Å². The predicted molar refractivity (Wildman–Crippen MR) is 103 cm³/mol. The minimum atomic E-state index is -0.0476. The summed E-state index contributed by atoms with van der Waals surface area (Å²) in [5.41, 5.74) is 5.21. The van der Waals surface area contributed by atoms with Crippen molar-refractivity contribution in [2.24, 2.45) is 5.92 Å². The minimum Gasteiger partial charge on any atom is -0.394 e. The van der Waals surface area contributed by atoms with Crippen molar-refractivity contribution in [3.05, 3.63) is 51.7 Å². The van der Waals surface area contributed by atoms with Crippen LogP contribution in [0.1, 0.15) is 62.4 Å². The number of fused-ring (bicyclic) bond motifs is 3. The Balaban J connectivity index is 1.77. The summed E-state index contributed by atoms with van der Waals surface area (Å²) in [7, 11) is 0. The number of rotatable bonds is 2. The van der Waals surface area contributed by atoms with Crippen LogP contribution in [0.2, 0.25) is 0 Å². The van der Waals surface area contributed by atoms with E-state index in [4.69, 9.17) is 4.74 Å². The van der Waals surface area contributed by atoms with Gasteiger partial charge in [-0.15, -0.1) is 0 Å². The number of ether oxygens (including phenoxy) is 1. The van der Waals surface area contributed by atoms with Gasteiger partial charge in [-0.3, -0.25) is 0 Å². The fourth-order valence-corrected chi connectivity index (χ4v) is 4.84. The quantitative estimate of drug-likeness (QED) is 0.791. The van der Waals surface area contributed by atoms with E-state index in [2.05, 4.69) is 61.1 Å². The van der Waals surface area contributed by atoms with Crippen LogP contribution in [0.15, 0.2) is 35.0 Å². The number of aliphatic hydroxyl groups excluding tert-OH is 1. The highest BCUT2D eigenvalue weighted by atomic mass is 32.1. The van der Waals surface area contributed by atoms with Crippen LogP contribution in [0.25, 0.3) is 0 Å². The first-order valence-electron chi connectivity index (χ1n) is 9.17. The van der Waals surface area contributed by atoms with Crippen molar-refractivity contribution >= 4 is 17.0 Å². The summed E-state index contributed by atoms with van der Waals surface area (Å²) in [4.78, 5) is 0. The van der Waals surface area contributed by atoms with Crippen molar-refractivity contribution < 1.29 is 9.84 Å². The lowest BCUT2D eigenvalue weighted by Crippen LogP contribution is -2.40. The van der Waals surface area contributed by atoms with E-state index in [9.17, 15) is 5.11 Å². The predicted octanol–water partition coefficient (Wildman–Crippen LogP) is 5.04. The van der Waals surface area contributed by atoms with Crippen LogP contribution >= 0.6 is 11.3 Å². The Kier molecular flexibility index (Phi) is 4.38. The van der Waals surface area contributed by atoms with E-state index in [1.54, 1.807) is 11.3 Å². The Hall–Kier alpha value is -1.36. The summed E-state index contributed by atoms with van der Waals surface area (Å²) in [6.07, 6.45) is 2.00. The number of nitrogens with one attached hydrogen (secondary N) is 1. The average molecular weight is 358 g/mol. The lowest BCUT2D eigenvalue weighted by atomic mass is 9.75. The lowest BCUT2D eigenvalue weighted by molar-refractivity contribution is -0.110. The third-order valence-electron chi connectivity index (χ3n) is 5.62. The average Bonchev–Trinajstić information content (AvgIpc) is 3.13. The molecule has 1 aromatic carbocycles. The number of aliphatic hydroxyl groups is 1. The molecule has 2 N–H and O–H groups in total. The Morgan fingerprint density at radius 1 is 1.24 bits per heavy atom. The molecular formula is C21H27NO2S. The molecule has 0 aliphatic carbocycles. The Labute approximate surface area is 154 Å². The third-order valence-corrected chi connectivity index (χ3v) is 6.32. The molecule has 0 amide bonds. The molecule has 0 unspecified atom stereocenters. The van der Waals surface area contributed by atoms with Gasteiger partial charge in [0.2, 0.25) is 0 Å². The van der Waals surface area contributed by atoms with Crippen molar-refractivity contribution in [1.82, 2.24) is 0 Å². The molecule has 3 nitrogen and oxygen atoms in total. The van der Waals surface area contributed by atoms with E-state index in [1.165, 1.54) is 22.4 Å². The molecule has 2 aliphatic rings. The molecule has 4 heteroatoms. The van der Waals surface area contributed by atoms with Gasteiger partial charge in [-0.25, -0.2) is 0 Å². The van der Waals surface area contributed by atoms with Crippen molar-refractivity contribution in [2.75, 3.05) is 11.9 Å². The van der Waals surface area contributed by atoms with Crippen LogP contribution < -0.4 is 5.32 Å². The molecule has 4 atom stereocenters. The third kappa shape index (κ3) is 3.12. The maximum absolute atomic E-state index is 9.62. The summed E-state index contributed by atoms with van der Waals surface area (Å²) < 4.78 is 6.38. The number of anilines is 1. The Morgan fingerprint density at radius 2 is 2.08 bits per heavy atom. The van der Waals surface area contributed by atoms with E-state index >= 15 is 0 Å². The van der Waals surface area contributed by atoms with Crippen molar-refractivity contribution in [3.8, 4) is 0 Å². The smallest absolute Gasteiger partial charge is 0.0900 e. The van der Waals surface area contributed by atoms with Crippen LogP contribution in [-0.4, -0.2) is 17.8 Å². The van der Waals surface area contributed by atoms with Gasteiger partial charge in [0.25, 0.3) is 0 Å². The van der Waals surface area contributed by atoms with E-state index in [-0.39, 0.29) is 30.3 Å². The first-order valence-corrected chi connectivity index (χ1v) is 10.1. The van der Waals surface area contributed by atoms with Crippen LogP contribution in [0.3, 0.4) is 0 Å². The molecular weight excluding hydrogens is 330 g/mol. The molecule has 4 rings (SSSR count). The molecule has 0 bridgehead atoms. The monoisotopic (exact) mass is 357 g/mol. The van der Waals surface area contributed by atoms with E-state index < -0.39 is 0 Å². The molecule has 0 spiro atoms. The normalized spacial score (nSPS) is 28.8. The maximum Gasteiger partial charge on any atom is 0.0900 e. The summed E-state index contributed by atoms with van der Waals surface area (Å²) in [5, 5.41) is 17.8. The van der Waals surface area contributed by atoms with Crippen LogP contribution in [0.4, 0.5) is 5.69 Å². The number of hydrogen-bond acceptors (Lipinski definition) is 4. The van der Waals surface area contributed by atoms with Gasteiger partial charge in [0.05, 0.1) is 24.9 Å². The van der Waals surface area contributed by atoms with Gasteiger partial charge in [-0.05, 0) is 52.3 Å². The van der Waals surface area contributed by atoms with Crippen molar-refractivity contribution in [2.45, 2.75) is 57.3 Å². The second-order valence-corrected chi connectivity index (χ2v) is 9.11. The van der Waals surface area contributed by atoms with E-state index in [0.29, 0.717) is 5.92 Å². The zero-order valence-corrected chi connectivity index (χ0v) is 16.0. The molecule has 0 saturated carbocycles. The molecule has 1 saturated heterocycles. The van der Waals surface area contributed by atoms with Crippen LogP contribution in [0, 0.1) is 5.92 Å². The zero-order chi connectivity index (χ0) is 17.6. The van der Waals surface area contributed by atoms with Crippen molar-refractivity contribution in [1.29, 1.82) is 0 Å². The molecule has 0 radical (unpaired) electrons. The van der Waals surface area contributed by atoms with Gasteiger partial charge < -0.3 is 15.2 Å². The molecule has 2 aliphatic heterocycles. The molecule has 1 fully saturated rings. The lowest BCUT2D eigenvalue weighted by Gasteiger charge is -2.45. The number of benzene rings is 1.